The first-order valence-electron chi connectivity index (χ1n) is 14.7. The summed E-state index contributed by atoms with van der Waals surface area (Å²) in [5, 5.41) is 10.3. The molecule has 0 bridgehead atoms. The van der Waals surface area contributed by atoms with Gasteiger partial charge in [-0.3, -0.25) is 0 Å². The number of fused-ring (bicyclic) bond motifs is 5. The smallest absolute Gasteiger partial charge is 0.00199 e. The molecule has 0 saturated carbocycles. The van der Waals surface area contributed by atoms with Gasteiger partial charge in [0.05, 0.1) is 0 Å². The molecule has 0 atom stereocenters. The van der Waals surface area contributed by atoms with Crippen molar-refractivity contribution in [3.8, 4) is 33.4 Å². The van der Waals surface area contributed by atoms with E-state index in [-0.39, 0.29) is 0 Å². The van der Waals surface area contributed by atoms with Crippen molar-refractivity contribution < 1.29 is 0 Å². The summed E-state index contributed by atoms with van der Waals surface area (Å²) in [5.74, 6) is 0. The van der Waals surface area contributed by atoms with Crippen molar-refractivity contribution in [1.82, 2.24) is 0 Å². The molecule has 0 radical (unpaired) electrons. The van der Waals surface area contributed by atoms with Gasteiger partial charge in [-0.2, -0.15) is 0 Å². The van der Waals surface area contributed by atoms with Crippen LogP contribution in [0.5, 0.6) is 0 Å². The molecule has 0 aliphatic rings. The van der Waals surface area contributed by atoms with Gasteiger partial charge in [-0.15, -0.1) is 0 Å². The monoisotopic (exact) mass is 534 g/mol. The van der Waals surface area contributed by atoms with Gasteiger partial charge in [0, 0.05) is 0 Å². The van der Waals surface area contributed by atoms with Crippen molar-refractivity contribution in [3.63, 3.8) is 0 Å². The highest BCUT2D eigenvalue weighted by Gasteiger charge is 2.19. The normalized spacial score (nSPS) is 11.6. The van der Waals surface area contributed by atoms with Crippen LogP contribution in [0.2, 0.25) is 0 Å². The van der Waals surface area contributed by atoms with Gasteiger partial charge in [-0.1, -0.05) is 145 Å². The zero-order valence-corrected chi connectivity index (χ0v) is 23.9. The van der Waals surface area contributed by atoms with Crippen LogP contribution >= 0.6 is 0 Å². The Morgan fingerprint density at radius 1 is 0.310 bits per heavy atom. The fourth-order valence-electron chi connectivity index (χ4n) is 6.69. The second-order valence-corrected chi connectivity index (χ2v) is 11.5. The summed E-state index contributed by atoms with van der Waals surface area (Å²) in [4.78, 5) is 0. The van der Waals surface area contributed by atoms with Crippen LogP contribution in [0.15, 0.2) is 146 Å². The molecule has 0 saturated heterocycles. The molecule has 8 aromatic carbocycles. The van der Waals surface area contributed by atoms with Gasteiger partial charge in [0.2, 0.25) is 0 Å². The third-order valence-electron chi connectivity index (χ3n) is 8.79. The Morgan fingerprint density at radius 2 is 0.810 bits per heavy atom. The predicted octanol–water partition coefficient (Wildman–Crippen LogP) is 11.9. The largest absolute Gasteiger partial charge is 0.0616 e. The molecule has 198 valence electrons. The average molecular weight is 535 g/mol. The summed E-state index contributed by atoms with van der Waals surface area (Å²) in [7, 11) is 0. The lowest BCUT2D eigenvalue weighted by Gasteiger charge is -2.20. The van der Waals surface area contributed by atoms with E-state index in [0.717, 1.165) is 0 Å². The molecule has 0 unspecified atom stereocenters. The van der Waals surface area contributed by atoms with Crippen LogP contribution in [0, 0.1) is 13.8 Å². The van der Waals surface area contributed by atoms with E-state index in [2.05, 4.69) is 159 Å². The van der Waals surface area contributed by atoms with E-state index < -0.39 is 0 Å². The van der Waals surface area contributed by atoms with Crippen LogP contribution in [0.3, 0.4) is 0 Å². The van der Waals surface area contributed by atoms with Gasteiger partial charge >= 0.3 is 0 Å². The van der Waals surface area contributed by atoms with E-state index >= 15 is 0 Å². The molecule has 0 spiro atoms. The van der Waals surface area contributed by atoms with E-state index in [9.17, 15) is 0 Å². The van der Waals surface area contributed by atoms with Crippen molar-refractivity contribution in [2.75, 3.05) is 0 Å². The third kappa shape index (κ3) is 3.91. The van der Waals surface area contributed by atoms with Gasteiger partial charge in [0.25, 0.3) is 0 Å². The Hall–Kier alpha value is -5.20. The van der Waals surface area contributed by atoms with Gasteiger partial charge in [-0.05, 0) is 102 Å². The maximum Gasteiger partial charge on any atom is -0.00199 e. The Kier molecular flexibility index (Phi) is 5.69. The number of benzene rings is 8. The summed E-state index contributed by atoms with van der Waals surface area (Å²) in [6.07, 6.45) is 0. The van der Waals surface area contributed by atoms with Crippen molar-refractivity contribution in [3.05, 3.63) is 157 Å². The van der Waals surface area contributed by atoms with Crippen molar-refractivity contribution in [2.24, 2.45) is 0 Å². The van der Waals surface area contributed by atoms with Crippen LogP contribution in [0.25, 0.3) is 76.5 Å². The Labute approximate surface area is 246 Å². The molecule has 0 amide bonds. The number of hydrogen-bond acceptors (Lipinski definition) is 0. The van der Waals surface area contributed by atoms with Crippen LogP contribution in [0.4, 0.5) is 0 Å². The highest BCUT2D eigenvalue weighted by Crippen LogP contribution is 2.47. The SMILES string of the molecule is Cc1ccc(-c2ccc3c(-c4cc5ccccc5c5ccccc45)c4ccccc4c(-c4ccc(C)cc4)c3c2)cc1. The maximum absolute atomic E-state index is 2.41. The molecule has 0 aliphatic heterocycles. The Morgan fingerprint density at radius 3 is 1.50 bits per heavy atom. The first-order valence-corrected chi connectivity index (χ1v) is 14.7. The number of rotatable bonds is 3. The highest BCUT2D eigenvalue weighted by atomic mass is 14.2. The molecule has 42 heavy (non-hydrogen) atoms. The van der Waals surface area contributed by atoms with Crippen LogP contribution < -0.4 is 0 Å². The lowest BCUT2D eigenvalue weighted by molar-refractivity contribution is 1.47. The molecule has 8 aromatic rings. The third-order valence-corrected chi connectivity index (χ3v) is 8.79. The first kappa shape index (κ1) is 24.6. The Bertz CT molecular complexity index is 2280. The first-order chi connectivity index (χ1) is 20.7. The van der Waals surface area contributed by atoms with Gasteiger partial charge in [0.1, 0.15) is 0 Å². The van der Waals surface area contributed by atoms with E-state index in [4.69, 9.17) is 0 Å². The highest BCUT2D eigenvalue weighted by molar-refractivity contribution is 6.26. The second kappa shape index (κ2) is 9.72. The topological polar surface area (TPSA) is 0 Å². The van der Waals surface area contributed by atoms with Crippen LogP contribution in [-0.4, -0.2) is 0 Å². The summed E-state index contributed by atoms with van der Waals surface area (Å²) in [6, 6.07) is 54.0. The van der Waals surface area contributed by atoms with Crippen LogP contribution in [-0.2, 0) is 0 Å². The molecular weight excluding hydrogens is 504 g/mol. The Balaban J connectivity index is 1.56. The predicted molar refractivity (Wildman–Crippen MR) is 182 cm³/mol. The quantitative estimate of drug-likeness (QED) is 0.156. The van der Waals surface area contributed by atoms with E-state index in [1.165, 1.54) is 87.6 Å². The second-order valence-electron chi connectivity index (χ2n) is 11.5. The summed E-state index contributed by atoms with van der Waals surface area (Å²) < 4.78 is 0. The van der Waals surface area contributed by atoms with E-state index in [1.54, 1.807) is 0 Å². The molecule has 0 aromatic heterocycles. The zero-order valence-electron chi connectivity index (χ0n) is 23.9. The minimum atomic E-state index is 1.24. The molecule has 0 N–H and O–H groups in total. The summed E-state index contributed by atoms with van der Waals surface area (Å²) in [6.45, 7) is 4.30. The summed E-state index contributed by atoms with van der Waals surface area (Å²) >= 11 is 0. The van der Waals surface area contributed by atoms with E-state index in [0.29, 0.717) is 0 Å². The van der Waals surface area contributed by atoms with Crippen molar-refractivity contribution in [2.45, 2.75) is 13.8 Å². The standard InChI is InChI=1S/C42H30/c1-27-15-19-29(20-16-27)31-23-24-38-40(25-31)41(30-21-17-28(2)18-22-30)36-13-7-8-14-37(36)42(38)39-26-32-9-3-4-10-33(32)34-11-5-6-12-35(34)39/h3-26H,1-2H3. The maximum atomic E-state index is 2.41. The lowest BCUT2D eigenvalue weighted by atomic mass is 9.83. The number of aryl methyl sites for hydroxylation is 2. The van der Waals surface area contributed by atoms with Gasteiger partial charge < -0.3 is 0 Å². The number of hydrogen-bond donors (Lipinski definition) is 0. The van der Waals surface area contributed by atoms with Gasteiger partial charge in [0.15, 0.2) is 0 Å². The zero-order chi connectivity index (χ0) is 28.2. The minimum Gasteiger partial charge on any atom is -0.0616 e. The molecule has 0 heterocycles. The van der Waals surface area contributed by atoms with Crippen molar-refractivity contribution in [1.29, 1.82) is 0 Å². The molecule has 8 rings (SSSR count). The summed E-state index contributed by atoms with van der Waals surface area (Å²) in [5.41, 5.74) is 10.1. The fraction of sp³-hybridized carbons (Fsp3) is 0.0476. The molecule has 0 nitrogen and oxygen atoms in total. The van der Waals surface area contributed by atoms with Crippen molar-refractivity contribution >= 4 is 43.1 Å². The van der Waals surface area contributed by atoms with Gasteiger partial charge in [-0.25, -0.2) is 0 Å². The molecule has 0 heteroatoms. The average Bonchev–Trinajstić information content (AvgIpc) is 3.04. The fourth-order valence-corrected chi connectivity index (χ4v) is 6.69. The molecule has 0 fully saturated rings. The molecular formula is C42H30. The van der Waals surface area contributed by atoms with E-state index in [1.807, 2.05) is 0 Å². The minimum absolute atomic E-state index is 1.24. The van der Waals surface area contributed by atoms with Crippen LogP contribution in [0.1, 0.15) is 11.1 Å². The lowest BCUT2D eigenvalue weighted by Crippen LogP contribution is -1.93. The molecule has 0 aliphatic carbocycles.